The third-order valence-electron chi connectivity index (χ3n) is 2.65. The Bertz CT molecular complexity index is 417. The summed E-state index contributed by atoms with van der Waals surface area (Å²) in [5.41, 5.74) is 6.09. The summed E-state index contributed by atoms with van der Waals surface area (Å²) < 4.78 is 0. The average Bonchev–Trinajstić information content (AvgIpc) is 2.34. The molecule has 0 bridgehead atoms. The van der Waals surface area contributed by atoms with Crippen LogP contribution in [0.25, 0.3) is 0 Å². The number of hydrogen-bond donors (Lipinski definition) is 2. The van der Waals surface area contributed by atoms with E-state index in [1.807, 2.05) is 6.92 Å². The van der Waals surface area contributed by atoms with Crippen molar-refractivity contribution >= 4 is 11.6 Å². The lowest BCUT2D eigenvalue weighted by Crippen LogP contribution is -2.21. The molecule has 0 radical (unpaired) electrons. The Balaban J connectivity index is 2.44. The van der Waals surface area contributed by atoms with Crippen molar-refractivity contribution in [2.45, 2.75) is 25.8 Å². The minimum Gasteiger partial charge on any atom is -0.370 e. The number of nitrogens with two attached hydrogens (primary N) is 1. The summed E-state index contributed by atoms with van der Waals surface area (Å²) in [5.74, 6) is -0.306. The van der Waals surface area contributed by atoms with Gasteiger partial charge < -0.3 is 11.1 Å². The zero-order valence-electron chi connectivity index (χ0n) is 10.3. The van der Waals surface area contributed by atoms with Gasteiger partial charge in [-0.05, 0) is 25.5 Å². The van der Waals surface area contributed by atoms with Crippen LogP contribution in [0.4, 0.5) is 5.69 Å². The average molecular weight is 251 g/mol. The summed E-state index contributed by atoms with van der Waals surface area (Å²) in [6.45, 7) is 2.65. The van der Waals surface area contributed by atoms with E-state index in [2.05, 4.69) is 5.32 Å². The van der Waals surface area contributed by atoms with Crippen LogP contribution in [0, 0.1) is 10.1 Å². The van der Waals surface area contributed by atoms with E-state index in [0.29, 0.717) is 19.4 Å². The molecule has 3 N–H and O–H groups in total. The summed E-state index contributed by atoms with van der Waals surface area (Å²) in [7, 11) is 0. The second-order valence-corrected chi connectivity index (χ2v) is 4.09. The highest BCUT2D eigenvalue weighted by Gasteiger charge is 2.08. The zero-order chi connectivity index (χ0) is 13.5. The Morgan fingerprint density at radius 1 is 1.44 bits per heavy atom. The Morgan fingerprint density at radius 3 is 2.56 bits per heavy atom. The zero-order valence-corrected chi connectivity index (χ0v) is 10.3. The molecule has 0 fully saturated rings. The van der Waals surface area contributed by atoms with Crippen molar-refractivity contribution < 1.29 is 9.72 Å². The van der Waals surface area contributed by atoms with Crippen LogP contribution >= 0.6 is 0 Å². The molecule has 0 aliphatic carbocycles. The van der Waals surface area contributed by atoms with E-state index in [1.165, 1.54) is 12.1 Å². The van der Waals surface area contributed by atoms with E-state index >= 15 is 0 Å². The number of carbonyl (C=O) groups is 1. The molecule has 98 valence electrons. The van der Waals surface area contributed by atoms with Crippen molar-refractivity contribution in [3.05, 3.63) is 39.9 Å². The van der Waals surface area contributed by atoms with Crippen LogP contribution in [0.2, 0.25) is 0 Å². The normalized spacial score (nSPS) is 12.1. The van der Waals surface area contributed by atoms with Crippen molar-refractivity contribution in [2.24, 2.45) is 5.73 Å². The third kappa shape index (κ3) is 4.50. The van der Waals surface area contributed by atoms with Gasteiger partial charge in [-0.25, -0.2) is 0 Å². The second kappa shape index (κ2) is 6.70. The number of nitrogens with one attached hydrogen (secondary N) is 1. The maximum Gasteiger partial charge on any atom is 0.269 e. The lowest BCUT2D eigenvalue weighted by molar-refractivity contribution is -0.384. The first kappa shape index (κ1) is 14.1. The molecule has 0 saturated carbocycles. The van der Waals surface area contributed by atoms with Gasteiger partial charge in [-0.2, -0.15) is 0 Å². The van der Waals surface area contributed by atoms with E-state index in [1.54, 1.807) is 12.1 Å². The number of nitrogens with zero attached hydrogens (tertiary/aromatic N) is 1. The van der Waals surface area contributed by atoms with Crippen molar-refractivity contribution in [1.29, 1.82) is 0 Å². The van der Waals surface area contributed by atoms with E-state index < -0.39 is 4.92 Å². The fourth-order valence-electron chi connectivity index (χ4n) is 1.58. The number of hydrogen-bond acceptors (Lipinski definition) is 4. The van der Waals surface area contributed by atoms with Crippen molar-refractivity contribution in [2.75, 3.05) is 6.54 Å². The molecule has 0 heterocycles. The van der Waals surface area contributed by atoms with Gasteiger partial charge in [0.25, 0.3) is 5.69 Å². The summed E-state index contributed by atoms with van der Waals surface area (Å²) in [5, 5.41) is 13.7. The van der Waals surface area contributed by atoms with Gasteiger partial charge in [0.05, 0.1) is 4.92 Å². The number of benzene rings is 1. The van der Waals surface area contributed by atoms with E-state index in [0.717, 1.165) is 5.56 Å². The molecule has 1 amide bonds. The first-order chi connectivity index (χ1) is 8.50. The molecule has 1 unspecified atom stereocenters. The standard InChI is InChI=1S/C12H17N3O3/c1-9(14-8-2-3-12(13)16)10-4-6-11(7-5-10)15(17)18/h4-7,9,14H,2-3,8H2,1H3,(H2,13,16). The molecule has 18 heavy (non-hydrogen) atoms. The van der Waals surface area contributed by atoms with Gasteiger partial charge in [-0.15, -0.1) is 0 Å². The predicted molar refractivity (Wildman–Crippen MR) is 67.9 cm³/mol. The fourth-order valence-corrected chi connectivity index (χ4v) is 1.58. The van der Waals surface area contributed by atoms with Crippen LogP contribution in [-0.2, 0) is 4.79 Å². The van der Waals surface area contributed by atoms with Gasteiger partial charge in [0, 0.05) is 24.6 Å². The van der Waals surface area contributed by atoms with Crippen LogP contribution < -0.4 is 11.1 Å². The van der Waals surface area contributed by atoms with Gasteiger partial charge >= 0.3 is 0 Å². The first-order valence-corrected chi connectivity index (χ1v) is 5.76. The lowest BCUT2D eigenvalue weighted by atomic mass is 10.1. The number of rotatable bonds is 7. The van der Waals surface area contributed by atoms with Gasteiger partial charge in [-0.1, -0.05) is 12.1 Å². The summed E-state index contributed by atoms with van der Waals surface area (Å²) >= 11 is 0. The number of nitro benzene ring substituents is 1. The molecule has 1 atom stereocenters. The minimum atomic E-state index is -0.422. The first-order valence-electron chi connectivity index (χ1n) is 5.76. The quantitative estimate of drug-likeness (QED) is 0.436. The van der Waals surface area contributed by atoms with Gasteiger partial charge in [0.15, 0.2) is 0 Å². The van der Waals surface area contributed by atoms with Crippen LogP contribution in [0.15, 0.2) is 24.3 Å². The third-order valence-corrected chi connectivity index (χ3v) is 2.65. The largest absolute Gasteiger partial charge is 0.370 e. The van der Waals surface area contributed by atoms with Crippen molar-refractivity contribution in [3.8, 4) is 0 Å². The molecular formula is C12H17N3O3. The van der Waals surface area contributed by atoms with E-state index in [9.17, 15) is 14.9 Å². The summed E-state index contributed by atoms with van der Waals surface area (Å²) in [6, 6.07) is 6.50. The Morgan fingerprint density at radius 2 is 2.06 bits per heavy atom. The fraction of sp³-hybridized carbons (Fsp3) is 0.417. The van der Waals surface area contributed by atoms with E-state index in [4.69, 9.17) is 5.73 Å². The summed E-state index contributed by atoms with van der Waals surface area (Å²) in [4.78, 5) is 20.6. The van der Waals surface area contributed by atoms with Gasteiger partial charge in [0.2, 0.25) is 5.91 Å². The SMILES string of the molecule is CC(NCCCC(N)=O)c1ccc([N+](=O)[O-])cc1. The molecule has 0 aromatic heterocycles. The van der Waals surface area contributed by atoms with Crippen LogP contribution in [0.5, 0.6) is 0 Å². The molecule has 0 aliphatic heterocycles. The number of carbonyl (C=O) groups excluding carboxylic acids is 1. The monoisotopic (exact) mass is 251 g/mol. The topological polar surface area (TPSA) is 98.3 Å². The van der Waals surface area contributed by atoms with Crippen molar-refractivity contribution in [3.63, 3.8) is 0 Å². The van der Waals surface area contributed by atoms with Crippen molar-refractivity contribution in [1.82, 2.24) is 5.32 Å². The highest BCUT2D eigenvalue weighted by molar-refractivity contribution is 5.73. The van der Waals surface area contributed by atoms with Gasteiger partial charge in [0.1, 0.15) is 0 Å². The lowest BCUT2D eigenvalue weighted by Gasteiger charge is -2.13. The molecule has 6 nitrogen and oxygen atoms in total. The maximum absolute atomic E-state index is 10.5. The Kier molecular flexibility index (Phi) is 5.26. The molecule has 1 rings (SSSR count). The molecule has 1 aromatic carbocycles. The van der Waals surface area contributed by atoms with Gasteiger partial charge in [-0.3, -0.25) is 14.9 Å². The minimum absolute atomic E-state index is 0.0821. The highest BCUT2D eigenvalue weighted by atomic mass is 16.6. The number of non-ortho nitro benzene ring substituents is 1. The maximum atomic E-state index is 10.5. The molecule has 0 spiro atoms. The van der Waals surface area contributed by atoms with Crippen LogP contribution in [-0.4, -0.2) is 17.4 Å². The second-order valence-electron chi connectivity index (χ2n) is 4.09. The predicted octanol–water partition coefficient (Wildman–Crippen LogP) is 1.51. The molecule has 6 heteroatoms. The number of primary amides is 1. The molecule has 0 aliphatic rings. The number of nitro groups is 1. The van der Waals surface area contributed by atoms with E-state index in [-0.39, 0.29) is 17.6 Å². The molecule has 0 saturated heterocycles. The van der Waals surface area contributed by atoms with Crippen LogP contribution in [0.1, 0.15) is 31.4 Å². The smallest absolute Gasteiger partial charge is 0.269 e. The highest BCUT2D eigenvalue weighted by Crippen LogP contribution is 2.17. The Labute approximate surface area is 105 Å². The van der Waals surface area contributed by atoms with Crippen LogP contribution in [0.3, 0.4) is 0 Å². The molecule has 1 aromatic rings. The number of amides is 1. The summed E-state index contributed by atoms with van der Waals surface area (Å²) in [6.07, 6.45) is 1.05. The molecular weight excluding hydrogens is 234 g/mol. The Hall–Kier alpha value is -1.95.